The van der Waals surface area contributed by atoms with Gasteiger partial charge in [-0.25, -0.2) is 0 Å². The summed E-state index contributed by atoms with van der Waals surface area (Å²) in [6.45, 7) is 2.02. The van der Waals surface area contributed by atoms with Crippen LogP contribution >= 0.6 is 0 Å². The van der Waals surface area contributed by atoms with Crippen LogP contribution in [0.4, 0.5) is 0 Å². The maximum Gasteiger partial charge on any atom is 0.148 e. The Hall–Kier alpha value is -1.83. The van der Waals surface area contributed by atoms with Gasteiger partial charge in [0.15, 0.2) is 0 Å². The third-order valence-electron chi connectivity index (χ3n) is 3.12. The number of pyridine rings is 1. The molecule has 1 aliphatic heterocycles. The Bertz CT molecular complexity index is 548. The number of hydrogen-bond donors (Lipinski definition) is 0. The Kier molecular flexibility index (Phi) is 2.56. The predicted octanol–water partition coefficient (Wildman–Crippen LogP) is 3.67. The van der Waals surface area contributed by atoms with Crippen molar-refractivity contribution in [2.75, 3.05) is 0 Å². The van der Waals surface area contributed by atoms with Gasteiger partial charge in [0.25, 0.3) is 0 Å². The summed E-state index contributed by atoms with van der Waals surface area (Å²) in [5, 5.41) is 0. The summed E-state index contributed by atoms with van der Waals surface area (Å²) < 4.78 is 5.97. The van der Waals surface area contributed by atoms with E-state index in [2.05, 4.69) is 17.1 Å². The molecule has 86 valence electrons. The van der Waals surface area contributed by atoms with E-state index in [1.165, 1.54) is 5.56 Å². The molecule has 1 aromatic carbocycles. The summed E-state index contributed by atoms with van der Waals surface area (Å²) in [7, 11) is 0. The zero-order valence-corrected chi connectivity index (χ0v) is 9.94. The molecule has 0 spiro atoms. The van der Waals surface area contributed by atoms with Crippen molar-refractivity contribution < 1.29 is 4.74 Å². The summed E-state index contributed by atoms with van der Waals surface area (Å²) in [4.78, 5) is 4.56. The number of para-hydroxylation sites is 1. The van der Waals surface area contributed by atoms with Gasteiger partial charge in [-0.05, 0) is 49.9 Å². The topological polar surface area (TPSA) is 22.1 Å². The molecule has 2 aromatic rings. The highest BCUT2D eigenvalue weighted by Gasteiger charge is 2.13. The number of aromatic nitrogens is 1. The van der Waals surface area contributed by atoms with Gasteiger partial charge < -0.3 is 4.74 Å². The van der Waals surface area contributed by atoms with Crippen molar-refractivity contribution in [2.24, 2.45) is 0 Å². The van der Waals surface area contributed by atoms with Crippen LogP contribution in [-0.4, -0.2) is 4.98 Å². The summed E-state index contributed by atoms with van der Waals surface area (Å²) in [6.07, 6.45) is 3.18. The zero-order valence-electron chi connectivity index (χ0n) is 9.94. The minimum Gasteiger partial charge on any atom is -0.455 e. The number of benzene rings is 1. The third kappa shape index (κ3) is 2.03. The first-order valence-corrected chi connectivity index (χ1v) is 6.05. The van der Waals surface area contributed by atoms with Crippen molar-refractivity contribution in [3.63, 3.8) is 0 Å². The second-order valence-corrected chi connectivity index (χ2v) is 4.46. The van der Waals surface area contributed by atoms with Crippen LogP contribution in [0.25, 0.3) is 0 Å². The van der Waals surface area contributed by atoms with Crippen LogP contribution < -0.4 is 4.74 Å². The molecule has 0 fully saturated rings. The van der Waals surface area contributed by atoms with E-state index in [0.29, 0.717) is 0 Å². The molecule has 3 rings (SSSR count). The summed E-state index contributed by atoms with van der Waals surface area (Å²) in [5.74, 6) is 1.88. The normalized spacial score (nSPS) is 13.9. The maximum atomic E-state index is 5.97. The van der Waals surface area contributed by atoms with Gasteiger partial charge in [0.2, 0.25) is 0 Å². The standard InChI is InChI=1S/C15H15NO/c1-11-9-10-15-13(16-11)7-4-6-12-5-2-3-8-14(12)17-15/h2-3,5,8-10H,4,6-7H2,1H3. The molecular weight excluding hydrogens is 210 g/mol. The second kappa shape index (κ2) is 4.21. The molecule has 0 saturated heterocycles. The lowest BCUT2D eigenvalue weighted by molar-refractivity contribution is 0.456. The lowest BCUT2D eigenvalue weighted by Crippen LogP contribution is -2.03. The molecule has 0 bridgehead atoms. The fourth-order valence-corrected chi connectivity index (χ4v) is 2.24. The highest BCUT2D eigenvalue weighted by molar-refractivity contribution is 5.41. The smallest absolute Gasteiger partial charge is 0.148 e. The van der Waals surface area contributed by atoms with Crippen molar-refractivity contribution >= 4 is 0 Å². The van der Waals surface area contributed by atoms with Gasteiger partial charge in [-0.1, -0.05) is 18.2 Å². The van der Waals surface area contributed by atoms with Crippen molar-refractivity contribution in [1.29, 1.82) is 0 Å². The Morgan fingerprint density at radius 3 is 2.82 bits per heavy atom. The quantitative estimate of drug-likeness (QED) is 0.682. The van der Waals surface area contributed by atoms with E-state index in [1.54, 1.807) is 0 Å². The first-order valence-electron chi connectivity index (χ1n) is 6.05. The summed E-state index contributed by atoms with van der Waals surface area (Å²) in [5.41, 5.74) is 3.43. The number of hydrogen-bond acceptors (Lipinski definition) is 2. The van der Waals surface area contributed by atoms with Crippen LogP contribution in [0.1, 0.15) is 23.4 Å². The van der Waals surface area contributed by atoms with Gasteiger partial charge in [-0.3, -0.25) is 4.98 Å². The molecular formula is C15H15NO. The van der Waals surface area contributed by atoms with Crippen LogP contribution in [0.15, 0.2) is 36.4 Å². The molecule has 0 saturated carbocycles. The predicted molar refractivity (Wildman–Crippen MR) is 67.5 cm³/mol. The van der Waals surface area contributed by atoms with Crippen molar-refractivity contribution in [3.8, 4) is 11.5 Å². The van der Waals surface area contributed by atoms with Crippen LogP contribution in [0.2, 0.25) is 0 Å². The van der Waals surface area contributed by atoms with E-state index >= 15 is 0 Å². The Morgan fingerprint density at radius 2 is 1.88 bits per heavy atom. The van der Waals surface area contributed by atoms with Crippen LogP contribution in [-0.2, 0) is 12.8 Å². The molecule has 1 aliphatic rings. The monoisotopic (exact) mass is 225 g/mol. The van der Waals surface area contributed by atoms with E-state index in [4.69, 9.17) is 4.74 Å². The van der Waals surface area contributed by atoms with Gasteiger partial charge >= 0.3 is 0 Å². The molecule has 0 amide bonds. The Morgan fingerprint density at radius 1 is 1.00 bits per heavy atom. The fraction of sp³-hybridized carbons (Fsp3) is 0.267. The molecule has 2 heteroatoms. The Balaban J connectivity index is 2.06. The average Bonchev–Trinajstić information content (AvgIpc) is 2.31. The van der Waals surface area contributed by atoms with Crippen LogP contribution in [0.3, 0.4) is 0 Å². The van der Waals surface area contributed by atoms with Gasteiger partial charge in [0.05, 0.1) is 5.69 Å². The second-order valence-electron chi connectivity index (χ2n) is 4.46. The Labute approximate surface area is 101 Å². The summed E-state index contributed by atoms with van der Waals surface area (Å²) >= 11 is 0. The minimum absolute atomic E-state index is 0.905. The number of ether oxygens (including phenoxy) is 1. The number of rotatable bonds is 0. The molecule has 0 unspecified atom stereocenters. The maximum absolute atomic E-state index is 5.97. The highest BCUT2D eigenvalue weighted by atomic mass is 16.5. The lowest BCUT2D eigenvalue weighted by Gasteiger charge is -2.17. The van der Waals surface area contributed by atoms with E-state index < -0.39 is 0 Å². The largest absolute Gasteiger partial charge is 0.455 e. The third-order valence-corrected chi connectivity index (χ3v) is 3.12. The minimum atomic E-state index is 0.905. The molecule has 0 atom stereocenters. The molecule has 1 aromatic heterocycles. The lowest BCUT2D eigenvalue weighted by atomic mass is 10.0. The number of fused-ring (bicyclic) bond motifs is 2. The van der Waals surface area contributed by atoms with Gasteiger partial charge in [-0.2, -0.15) is 0 Å². The van der Waals surface area contributed by atoms with Crippen molar-refractivity contribution in [2.45, 2.75) is 26.2 Å². The van der Waals surface area contributed by atoms with E-state index in [-0.39, 0.29) is 0 Å². The van der Waals surface area contributed by atoms with Gasteiger partial charge in [0, 0.05) is 5.69 Å². The first-order chi connectivity index (χ1) is 8.33. The summed E-state index contributed by atoms with van der Waals surface area (Å²) in [6, 6.07) is 12.3. The van der Waals surface area contributed by atoms with Crippen molar-refractivity contribution in [1.82, 2.24) is 4.98 Å². The van der Waals surface area contributed by atoms with Gasteiger partial charge in [-0.15, -0.1) is 0 Å². The SMILES string of the molecule is Cc1ccc2c(n1)CCCc1ccccc1O2. The van der Waals surface area contributed by atoms with E-state index in [9.17, 15) is 0 Å². The molecule has 0 radical (unpaired) electrons. The van der Waals surface area contributed by atoms with Crippen LogP contribution in [0, 0.1) is 6.92 Å². The molecule has 0 N–H and O–H groups in total. The van der Waals surface area contributed by atoms with Gasteiger partial charge in [0.1, 0.15) is 11.5 Å². The van der Waals surface area contributed by atoms with E-state index in [0.717, 1.165) is 42.1 Å². The van der Waals surface area contributed by atoms with Crippen molar-refractivity contribution in [3.05, 3.63) is 53.3 Å². The molecule has 0 aliphatic carbocycles. The number of aryl methyl sites for hydroxylation is 3. The van der Waals surface area contributed by atoms with Crippen LogP contribution in [0.5, 0.6) is 11.5 Å². The molecule has 2 heterocycles. The first kappa shape index (κ1) is 10.3. The fourth-order valence-electron chi connectivity index (χ4n) is 2.24. The zero-order chi connectivity index (χ0) is 11.7. The highest BCUT2D eigenvalue weighted by Crippen LogP contribution is 2.31. The number of nitrogens with zero attached hydrogens (tertiary/aromatic N) is 1. The molecule has 2 nitrogen and oxygen atoms in total. The molecule has 17 heavy (non-hydrogen) atoms. The van der Waals surface area contributed by atoms with E-state index in [1.807, 2.05) is 31.2 Å². The average molecular weight is 225 g/mol.